The molecule has 0 heterocycles. The van der Waals surface area contributed by atoms with Gasteiger partial charge in [0.15, 0.2) is 6.04 Å². The fourth-order valence-electron chi connectivity index (χ4n) is 4.23. The lowest BCUT2D eigenvalue weighted by Crippen LogP contribution is -2.54. The van der Waals surface area contributed by atoms with Crippen molar-refractivity contribution in [3.63, 3.8) is 0 Å². The maximum Gasteiger partial charge on any atom is 0.408 e. The minimum absolute atomic E-state index is 0.770. The zero-order chi connectivity index (χ0) is 29.6. The Morgan fingerprint density at radius 1 is 0.675 bits per heavy atom. The van der Waals surface area contributed by atoms with E-state index >= 15 is 0 Å². The molecule has 2 atom stereocenters. The second-order valence-electron chi connectivity index (χ2n) is 11.3. The number of rotatable bonds is 9. The topological polar surface area (TPSA) is 102 Å². The summed E-state index contributed by atoms with van der Waals surface area (Å²) >= 11 is 1.12. The van der Waals surface area contributed by atoms with E-state index in [1.165, 1.54) is 0 Å². The molecule has 3 rings (SSSR count). The summed E-state index contributed by atoms with van der Waals surface area (Å²) < 4.78 is 10.1. The molecule has 2 N–H and O–H groups in total. The van der Waals surface area contributed by atoms with Crippen molar-refractivity contribution in [1.82, 2.24) is 5.32 Å². The van der Waals surface area contributed by atoms with Crippen molar-refractivity contribution in [2.45, 2.75) is 68.8 Å². The number of nitrogens with one attached hydrogen (secondary N) is 1. The van der Waals surface area contributed by atoms with Crippen LogP contribution in [0.15, 0.2) is 91.0 Å². The van der Waals surface area contributed by atoms with Crippen LogP contribution in [0.5, 0.6) is 0 Å². The third-order valence-electron chi connectivity index (χ3n) is 5.72. The van der Waals surface area contributed by atoms with E-state index in [0.29, 0.717) is 0 Å². The molecule has 0 bridgehead atoms. The molecule has 40 heavy (non-hydrogen) atoms. The van der Waals surface area contributed by atoms with E-state index in [-0.39, 0.29) is 0 Å². The number of esters is 1. The third-order valence-corrected chi connectivity index (χ3v) is 7.50. The highest BCUT2D eigenvalue weighted by atomic mass is 32.2. The number of ether oxygens (including phenoxy) is 2. The molecule has 0 aliphatic heterocycles. The molecule has 0 saturated heterocycles. The smallest absolute Gasteiger partial charge is 0.408 e. The fraction of sp³-hybridized carbons (Fsp3) is 0.344. The lowest BCUT2D eigenvalue weighted by Gasteiger charge is -2.39. The molecule has 7 nitrogen and oxygen atoms in total. The highest BCUT2D eigenvalue weighted by Gasteiger charge is 2.47. The van der Waals surface area contributed by atoms with Crippen molar-refractivity contribution in [2.75, 3.05) is 0 Å². The van der Waals surface area contributed by atoms with E-state index in [4.69, 9.17) is 9.47 Å². The fourth-order valence-corrected chi connectivity index (χ4v) is 5.89. The zero-order valence-electron chi connectivity index (χ0n) is 23.7. The largest absolute Gasteiger partial charge is 0.480 e. The quantitative estimate of drug-likeness (QED) is 0.229. The van der Waals surface area contributed by atoms with Gasteiger partial charge in [-0.3, -0.25) is 4.79 Å². The average Bonchev–Trinajstić information content (AvgIpc) is 2.88. The van der Waals surface area contributed by atoms with Gasteiger partial charge in [-0.1, -0.05) is 91.0 Å². The first-order valence-electron chi connectivity index (χ1n) is 13.0. The Morgan fingerprint density at radius 3 is 1.38 bits per heavy atom. The summed E-state index contributed by atoms with van der Waals surface area (Å²) in [6.07, 6.45) is -0.946. The minimum atomic E-state index is -1.66. The molecule has 3 aromatic carbocycles. The van der Waals surface area contributed by atoms with Gasteiger partial charge >= 0.3 is 18.0 Å². The first-order valence-corrected chi connectivity index (χ1v) is 13.9. The van der Waals surface area contributed by atoms with E-state index in [1.54, 1.807) is 41.5 Å². The second-order valence-corrected chi connectivity index (χ2v) is 12.7. The molecule has 212 valence electrons. The molecule has 8 heteroatoms. The number of carboxylic acid groups (broad SMARTS) is 1. The van der Waals surface area contributed by atoms with E-state index in [9.17, 15) is 19.5 Å². The van der Waals surface area contributed by atoms with Gasteiger partial charge in [0.2, 0.25) is 0 Å². The standard InChI is InChI=1S/C32H37NO6S/c1-30(2,3)38-28(36)26(25(27(34)35)33-29(37)39-31(4,5)6)40-32(22-16-10-7-11-17-22,23-18-12-8-13-19-23)24-20-14-9-15-21-24/h7-21,25-26H,1-6H3,(H,33,37)(H,34,35)/t25-,26-/m0/s1. The van der Waals surface area contributed by atoms with Crippen LogP contribution < -0.4 is 5.32 Å². The molecule has 0 spiro atoms. The lowest BCUT2D eigenvalue weighted by molar-refractivity contribution is -0.157. The Kier molecular flexibility index (Phi) is 9.69. The zero-order valence-corrected chi connectivity index (χ0v) is 24.5. The van der Waals surface area contributed by atoms with Gasteiger partial charge in [0.1, 0.15) is 16.5 Å². The first-order chi connectivity index (χ1) is 18.7. The molecule has 3 aromatic rings. The number of thioether (sulfide) groups is 1. The number of aliphatic carboxylic acids is 1. The van der Waals surface area contributed by atoms with Crippen LogP contribution in [0.25, 0.3) is 0 Å². The maximum absolute atomic E-state index is 13.8. The van der Waals surface area contributed by atoms with Gasteiger partial charge in [-0.15, -0.1) is 11.8 Å². The van der Waals surface area contributed by atoms with Gasteiger partial charge in [0.05, 0.1) is 4.75 Å². The monoisotopic (exact) mass is 563 g/mol. The Balaban J connectivity index is 2.27. The Morgan fingerprint density at radius 2 is 1.05 bits per heavy atom. The molecule has 0 aliphatic carbocycles. The van der Waals surface area contributed by atoms with Gasteiger partial charge in [0.25, 0.3) is 0 Å². The van der Waals surface area contributed by atoms with Crippen LogP contribution in [-0.2, 0) is 23.8 Å². The van der Waals surface area contributed by atoms with Gasteiger partial charge in [-0.05, 0) is 58.2 Å². The molecule has 0 aliphatic rings. The highest BCUT2D eigenvalue weighted by molar-refractivity contribution is 8.02. The Labute approximate surface area is 240 Å². The summed E-state index contributed by atoms with van der Waals surface area (Å²) in [6.45, 7) is 10.2. The molecule has 0 unspecified atom stereocenters. The van der Waals surface area contributed by atoms with E-state index in [1.807, 2.05) is 91.0 Å². The molecule has 1 amide bonds. The van der Waals surface area contributed by atoms with Crippen LogP contribution in [-0.4, -0.2) is 45.6 Å². The van der Waals surface area contributed by atoms with Crippen LogP contribution in [0.3, 0.4) is 0 Å². The average molecular weight is 564 g/mol. The van der Waals surface area contributed by atoms with Crippen molar-refractivity contribution in [3.8, 4) is 0 Å². The van der Waals surface area contributed by atoms with E-state index in [0.717, 1.165) is 28.5 Å². The maximum atomic E-state index is 13.8. The molecule has 0 aromatic heterocycles. The summed E-state index contributed by atoms with van der Waals surface area (Å²) in [4.78, 5) is 39.4. The minimum Gasteiger partial charge on any atom is -0.480 e. The summed E-state index contributed by atoms with van der Waals surface area (Å²) in [5, 5.41) is 11.4. The van der Waals surface area contributed by atoms with Gasteiger partial charge in [0, 0.05) is 0 Å². The summed E-state index contributed by atoms with van der Waals surface area (Å²) in [7, 11) is 0. The molecule has 0 saturated carbocycles. The van der Waals surface area contributed by atoms with Crippen molar-refractivity contribution >= 4 is 29.8 Å². The molecular formula is C32H37NO6S. The molecular weight excluding hydrogens is 526 g/mol. The number of carbonyl (C=O) groups excluding carboxylic acids is 2. The van der Waals surface area contributed by atoms with Gasteiger partial charge in [-0.2, -0.15) is 0 Å². The number of benzene rings is 3. The number of carboxylic acids is 1. The predicted octanol–water partition coefficient (Wildman–Crippen LogP) is 6.40. The lowest BCUT2D eigenvalue weighted by atomic mass is 9.84. The summed E-state index contributed by atoms with van der Waals surface area (Å²) in [5.41, 5.74) is 0.704. The van der Waals surface area contributed by atoms with E-state index in [2.05, 4.69) is 5.32 Å². The number of alkyl carbamates (subject to hydrolysis) is 1. The SMILES string of the molecule is CC(C)(C)OC(=O)N[C@H](C(=O)O)[C@H](SC(c1ccccc1)(c1ccccc1)c1ccccc1)C(=O)OC(C)(C)C. The summed E-state index contributed by atoms with van der Waals surface area (Å²) in [5.74, 6) is -2.16. The number of hydrogen-bond acceptors (Lipinski definition) is 6. The number of amides is 1. The van der Waals surface area contributed by atoms with Crippen LogP contribution >= 0.6 is 11.8 Å². The Hall–Kier alpha value is -3.78. The van der Waals surface area contributed by atoms with Crippen LogP contribution in [0.4, 0.5) is 4.79 Å². The molecule has 0 fully saturated rings. The van der Waals surface area contributed by atoms with Gasteiger partial charge < -0.3 is 19.9 Å². The predicted molar refractivity (Wildman–Crippen MR) is 157 cm³/mol. The van der Waals surface area contributed by atoms with Crippen LogP contribution in [0.2, 0.25) is 0 Å². The van der Waals surface area contributed by atoms with Crippen molar-refractivity contribution in [1.29, 1.82) is 0 Å². The normalized spacial score (nSPS) is 13.6. The van der Waals surface area contributed by atoms with E-state index < -0.39 is 45.3 Å². The summed E-state index contributed by atoms with van der Waals surface area (Å²) in [6, 6.07) is 27.0. The first kappa shape index (κ1) is 30.8. The van der Waals surface area contributed by atoms with Crippen LogP contribution in [0, 0.1) is 0 Å². The van der Waals surface area contributed by atoms with Gasteiger partial charge in [-0.25, -0.2) is 9.59 Å². The van der Waals surface area contributed by atoms with Crippen LogP contribution in [0.1, 0.15) is 58.2 Å². The molecule has 0 radical (unpaired) electrons. The van der Waals surface area contributed by atoms with Crippen molar-refractivity contribution in [2.24, 2.45) is 0 Å². The Bertz CT molecular complexity index is 1190. The van der Waals surface area contributed by atoms with Crippen molar-refractivity contribution in [3.05, 3.63) is 108 Å². The number of carbonyl (C=O) groups is 3. The third kappa shape index (κ3) is 7.88. The van der Waals surface area contributed by atoms with Crippen molar-refractivity contribution < 1.29 is 29.0 Å². The second kappa shape index (κ2) is 12.6. The highest BCUT2D eigenvalue weighted by Crippen LogP contribution is 2.51. The number of hydrogen-bond donors (Lipinski definition) is 2.